The minimum Gasteiger partial charge on any atom is -0.0622 e. The number of hydrogen-bond acceptors (Lipinski definition) is 0. The summed E-state index contributed by atoms with van der Waals surface area (Å²) in [6, 6.07) is 4.07. The van der Waals surface area contributed by atoms with Gasteiger partial charge in [0.15, 0.2) is 0 Å². The Balaban J connectivity index is 1.41. The monoisotopic (exact) mass is 602 g/mol. The molecule has 0 aliphatic heterocycles. The lowest BCUT2D eigenvalue weighted by Crippen LogP contribution is -1.91. The van der Waals surface area contributed by atoms with Crippen LogP contribution in [0.3, 0.4) is 0 Å². The Hall–Kier alpha value is -5.98. The molecule has 214 valence electrons. The molecule has 46 heavy (non-hydrogen) atoms. The second kappa shape index (κ2) is 10.9. The van der Waals surface area contributed by atoms with Crippen molar-refractivity contribution in [3.05, 3.63) is 182 Å². The van der Waals surface area contributed by atoms with Gasteiger partial charge in [-0.25, -0.2) is 0 Å². The Morgan fingerprint density at radius 2 is 0.804 bits per heavy atom. The maximum atomic E-state index is 9.32. The molecule has 0 radical (unpaired) electrons. The molecule has 9 aromatic rings. The molecule has 0 saturated carbocycles. The van der Waals surface area contributed by atoms with E-state index in [0.717, 1.165) is 0 Å². The second-order valence-electron chi connectivity index (χ2n) is 10.5. The van der Waals surface area contributed by atoms with Gasteiger partial charge in [0.2, 0.25) is 0 Å². The highest BCUT2D eigenvalue weighted by atomic mass is 14.2. The first-order chi connectivity index (χ1) is 31.1. The van der Waals surface area contributed by atoms with Gasteiger partial charge in [0.05, 0.1) is 27.4 Å². The zero-order chi connectivity index (χ0) is 47.9. The molecule has 0 aliphatic rings. The lowest BCUT2D eigenvalue weighted by molar-refractivity contribution is 1.62. The van der Waals surface area contributed by atoms with Crippen LogP contribution in [-0.2, 0) is 0 Å². The first-order valence-corrected chi connectivity index (χ1v) is 14.3. The zero-order valence-corrected chi connectivity index (χ0v) is 23.8. The molecule has 9 aromatic carbocycles. The SMILES string of the molecule is [2H]c1c([2H])c([2H])c(-c2c3c([2H])c([2H])c([2H])c([2H])c3c(-c3cccc(-c4cccc5c(-c6c([2H])c([2H])c([2H])c7c([2H])c([2H])c([2H])c([2H])c67)cccc45)c3)c3c([2H])c([2H])c([2H])c([2H])c23)c([2H])c1[2H]. The lowest BCUT2D eigenvalue weighted by atomic mass is 9.85. The highest BCUT2D eigenvalue weighted by molar-refractivity contribution is 6.21. The van der Waals surface area contributed by atoms with E-state index in [1.165, 1.54) is 0 Å². The van der Waals surface area contributed by atoms with Crippen LogP contribution in [-0.4, -0.2) is 0 Å². The fourth-order valence-corrected chi connectivity index (χ4v) is 6.18. The number of rotatable bonds is 4. The van der Waals surface area contributed by atoms with Crippen LogP contribution in [0.25, 0.3) is 87.6 Å². The van der Waals surface area contributed by atoms with E-state index in [1.807, 2.05) is 0 Å². The molecule has 0 aliphatic carbocycles. The van der Waals surface area contributed by atoms with Gasteiger partial charge in [-0.2, -0.15) is 0 Å². The van der Waals surface area contributed by atoms with Crippen LogP contribution in [0.15, 0.2) is 182 Å². The molecular formula is C46H30. The first kappa shape index (κ1) is 13.2. The minimum atomic E-state index is -0.769. The van der Waals surface area contributed by atoms with Crippen molar-refractivity contribution >= 4 is 43.1 Å². The molecule has 0 fully saturated rings. The van der Waals surface area contributed by atoms with Crippen molar-refractivity contribution in [2.75, 3.05) is 0 Å². The number of benzene rings is 9. The summed E-state index contributed by atoms with van der Waals surface area (Å²) in [5.41, 5.74) is 0.680. The summed E-state index contributed by atoms with van der Waals surface area (Å²) in [7, 11) is 0. The molecule has 0 N–H and O–H groups in total. The van der Waals surface area contributed by atoms with Gasteiger partial charge in [0.1, 0.15) is 0 Å². The fraction of sp³-hybridized carbons (Fsp3) is 0. The van der Waals surface area contributed by atoms with Crippen molar-refractivity contribution in [1.82, 2.24) is 0 Å². The van der Waals surface area contributed by atoms with Gasteiger partial charge in [-0.15, -0.1) is 0 Å². The molecule has 0 heterocycles. The average Bonchev–Trinajstić information content (AvgIpc) is 3.31. The Kier molecular flexibility index (Phi) is 3.11. The van der Waals surface area contributed by atoms with Gasteiger partial charge in [-0.3, -0.25) is 0 Å². The van der Waals surface area contributed by atoms with Crippen LogP contribution in [0, 0.1) is 0 Å². The van der Waals surface area contributed by atoms with E-state index < -0.39 is 132 Å². The summed E-state index contributed by atoms with van der Waals surface area (Å²) in [5.74, 6) is 0. The largest absolute Gasteiger partial charge is 0.0629 e. The predicted molar refractivity (Wildman–Crippen MR) is 198 cm³/mol. The van der Waals surface area contributed by atoms with E-state index in [1.54, 1.807) is 60.7 Å². The first-order valence-electron chi connectivity index (χ1n) is 24.3. The van der Waals surface area contributed by atoms with E-state index in [9.17, 15) is 5.48 Å². The van der Waals surface area contributed by atoms with E-state index in [2.05, 4.69) is 0 Å². The van der Waals surface area contributed by atoms with Crippen LogP contribution in [0.1, 0.15) is 27.4 Å². The van der Waals surface area contributed by atoms with Gasteiger partial charge in [0, 0.05) is 0 Å². The Labute approximate surface area is 296 Å². The van der Waals surface area contributed by atoms with E-state index >= 15 is 0 Å². The summed E-state index contributed by atoms with van der Waals surface area (Å²) >= 11 is 0. The molecule has 0 heteroatoms. The van der Waals surface area contributed by atoms with Gasteiger partial charge in [-0.05, 0) is 93.7 Å². The highest BCUT2D eigenvalue weighted by Gasteiger charge is 2.17. The molecule has 0 spiro atoms. The summed E-state index contributed by atoms with van der Waals surface area (Å²) in [6.07, 6.45) is 0. The summed E-state index contributed by atoms with van der Waals surface area (Å²) in [6.45, 7) is 0. The summed E-state index contributed by atoms with van der Waals surface area (Å²) < 4.78 is 176. The molecule has 0 aromatic heterocycles. The molecule has 9 rings (SSSR count). The molecule has 0 unspecified atom stereocenters. The Morgan fingerprint density at radius 1 is 0.304 bits per heavy atom. The molecular weight excluding hydrogens is 553 g/mol. The van der Waals surface area contributed by atoms with Crippen LogP contribution < -0.4 is 0 Å². The molecule has 0 amide bonds. The quantitative estimate of drug-likeness (QED) is 0.176. The maximum absolute atomic E-state index is 9.32. The zero-order valence-electron chi connectivity index (χ0n) is 43.8. The maximum Gasteiger partial charge on any atom is 0.0629 e. The number of hydrogen-bond donors (Lipinski definition) is 0. The van der Waals surface area contributed by atoms with Gasteiger partial charge in [-0.1, -0.05) is 175 Å². The van der Waals surface area contributed by atoms with Crippen molar-refractivity contribution in [2.45, 2.75) is 0 Å². The van der Waals surface area contributed by atoms with Gasteiger partial charge >= 0.3 is 0 Å². The van der Waals surface area contributed by atoms with Crippen LogP contribution >= 0.6 is 0 Å². The van der Waals surface area contributed by atoms with Crippen molar-refractivity contribution in [2.24, 2.45) is 0 Å². The van der Waals surface area contributed by atoms with Crippen LogP contribution in [0.5, 0.6) is 0 Å². The van der Waals surface area contributed by atoms with Crippen LogP contribution in [0.2, 0.25) is 0 Å². The molecule has 0 saturated heterocycles. The highest BCUT2D eigenvalue weighted by Crippen LogP contribution is 2.45. The van der Waals surface area contributed by atoms with Crippen molar-refractivity contribution in [1.29, 1.82) is 0 Å². The predicted octanol–water partition coefficient (Wildman–Crippen LogP) is 13.0. The number of fused-ring (bicyclic) bond motifs is 4. The third-order valence-corrected chi connectivity index (χ3v) is 8.09. The third-order valence-electron chi connectivity index (χ3n) is 8.09. The Morgan fingerprint density at radius 3 is 1.50 bits per heavy atom. The van der Waals surface area contributed by atoms with Gasteiger partial charge < -0.3 is 0 Å². The fourth-order valence-electron chi connectivity index (χ4n) is 6.18. The Bertz CT molecular complexity index is 3590. The second-order valence-corrected chi connectivity index (χ2v) is 10.5. The third kappa shape index (κ3) is 4.23. The minimum absolute atomic E-state index is 0.0231. The van der Waals surface area contributed by atoms with Crippen molar-refractivity contribution in [3.8, 4) is 44.5 Å². The normalized spacial score (nSPS) is 17.6. The topological polar surface area (TPSA) is 0 Å². The van der Waals surface area contributed by atoms with E-state index in [-0.39, 0.29) is 49.0 Å². The summed E-state index contributed by atoms with van der Waals surface area (Å²) in [5, 5.41) is -0.369. The van der Waals surface area contributed by atoms with Crippen LogP contribution in [0.4, 0.5) is 0 Å². The van der Waals surface area contributed by atoms with Crippen molar-refractivity contribution < 1.29 is 27.4 Å². The van der Waals surface area contributed by atoms with Gasteiger partial charge in [0.25, 0.3) is 0 Å². The molecule has 0 nitrogen and oxygen atoms in total. The average molecular weight is 603 g/mol. The summed E-state index contributed by atoms with van der Waals surface area (Å²) in [4.78, 5) is 0. The standard InChI is InChI=1S/C46H30/c1-2-15-32(16-3-1)45-41-21-6-8-23-43(41)46(44-24-9-7-22-42(44)45)34-19-10-18-33(30-34)36-25-12-28-40-38(36)27-13-29-39(40)37-26-11-17-31-14-4-5-20-35(31)37/h1-30H/i1D,2D,3D,4D,5D,6D,7D,8D,9D,11D,14D,15D,16D,17D,20D,21D,22D,23D,24D,26D. The molecule has 0 bridgehead atoms. The lowest BCUT2D eigenvalue weighted by Gasteiger charge is -2.18. The smallest absolute Gasteiger partial charge is 0.0622 e. The molecule has 0 atom stereocenters. The van der Waals surface area contributed by atoms with Crippen molar-refractivity contribution in [3.63, 3.8) is 0 Å². The van der Waals surface area contributed by atoms with E-state index in [4.69, 9.17) is 21.9 Å². The van der Waals surface area contributed by atoms with E-state index in [0.29, 0.717) is 27.5 Å².